The molecule has 1 saturated heterocycles. The van der Waals surface area contributed by atoms with Crippen molar-refractivity contribution in [1.82, 2.24) is 4.90 Å². The van der Waals surface area contributed by atoms with Crippen LogP contribution in [-0.4, -0.2) is 56.7 Å². The van der Waals surface area contributed by atoms with Gasteiger partial charge in [0.05, 0.1) is 22.2 Å². The van der Waals surface area contributed by atoms with Crippen LogP contribution in [0.25, 0.3) is 0 Å². The number of nitrogens with zero attached hydrogens (tertiary/aromatic N) is 2. The highest BCUT2D eigenvalue weighted by molar-refractivity contribution is 5.85. The average Bonchev–Trinajstić information content (AvgIpc) is 2.56. The molecule has 0 spiro atoms. The first-order chi connectivity index (χ1) is 11.8. The van der Waals surface area contributed by atoms with Crippen LogP contribution in [0.1, 0.15) is 18.4 Å². The Morgan fingerprint density at radius 2 is 1.85 bits per heavy atom. The van der Waals surface area contributed by atoms with Crippen LogP contribution in [0.2, 0.25) is 0 Å². The molecule has 0 radical (unpaired) electrons. The Bertz CT molecular complexity index is 695. The molecule has 2 atom stereocenters. The molecular formula is C15H21ClN4O6. The van der Waals surface area contributed by atoms with Gasteiger partial charge in [-0.15, -0.1) is 12.4 Å². The number of halogens is 1. The van der Waals surface area contributed by atoms with E-state index in [0.29, 0.717) is 49.4 Å². The lowest BCUT2D eigenvalue weighted by molar-refractivity contribution is -0.384. The number of nitro groups is 1. The van der Waals surface area contributed by atoms with E-state index in [4.69, 9.17) is 5.11 Å². The topological polar surface area (TPSA) is 148 Å². The molecule has 144 valence electrons. The van der Waals surface area contributed by atoms with Crippen molar-refractivity contribution in [2.45, 2.75) is 31.8 Å². The van der Waals surface area contributed by atoms with Gasteiger partial charge in [-0.1, -0.05) is 0 Å². The van der Waals surface area contributed by atoms with Gasteiger partial charge in [0, 0.05) is 18.7 Å². The van der Waals surface area contributed by atoms with Crippen LogP contribution in [-0.2, 0) is 11.3 Å². The summed E-state index contributed by atoms with van der Waals surface area (Å²) in [7, 11) is 0. The predicted octanol–water partition coefficient (Wildman–Crippen LogP) is 0.787. The van der Waals surface area contributed by atoms with Crippen molar-refractivity contribution in [3.63, 3.8) is 0 Å². The molecule has 0 bridgehead atoms. The number of nitro benzene ring substituents is 1. The smallest absolute Gasteiger partial charge is 0.306 e. The lowest BCUT2D eigenvalue weighted by Gasteiger charge is -2.34. The van der Waals surface area contributed by atoms with Crippen molar-refractivity contribution in [2.24, 2.45) is 5.92 Å². The highest BCUT2D eigenvalue weighted by atomic mass is 35.5. The van der Waals surface area contributed by atoms with Gasteiger partial charge in [-0.3, -0.25) is 19.8 Å². The van der Waals surface area contributed by atoms with E-state index in [1.54, 1.807) is 0 Å². The molecule has 2 aliphatic rings. The second kappa shape index (κ2) is 8.04. The van der Waals surface area contributed by atoms with Crippen LogP contribution in [0.3, 0.4) is 0 Å². The SMILES string of the molecule is Cl.O=C(O)C1CCN(Cc2cc([N+](=O)[O-])cc3c2NC(O)C(O)N3)CC1. The molecule has 1 fully saturated rings. The van der Waals surface area contributed by atoms with Crippen molar-refractivity contribution in [3.05, 3.63) is 27.8 Å². The molecule has 2 unspecified atom stereocenters. The molecule has 10 nitrogen and oxygen atoms in total. The maximum Gasteiger partial charge on any atom is 0.306 e. The van der Waals surface area contributed by atoms with Gasteiger partial charge in [-0.05, 0) is 31.5 Å². The fraction of sp³-hybridized carbons (Fsp3) is 0.533. The number of carbonyl (C=O) groups is 1. The summed E-state index contributed by atoms with van der Waals surface area (Å²) in [5.41, 5.74) is 1.34. The van der Waals surface area contributed by atoms with Crippen LogP contribution in [0, 0.1) is 16.0 Å². The summed E-state index contributed by atoms with van der Waals surface area (Å²) >= 11 is 0. The van der Waals surface area contributed by atoms with E-state index in [9.17, 15) is 25.1 Å². The van der Waals surface area contributed by atoms with E-state index in [2.05, 4.69) is 10.6 Å². The van der Waals surface area contributed by atoms with Crippen LogP contribution in [0.15, 0.2) is 12.1 Å². The van der Waals surface area contributed by atoms with Crippen molar-refractivity contribution in [2.75, 3.05) is 23.7 Å². The number of nitrogens with one attached hydrogen (secondary N) is 2. The van der Waals surface area contributed by atoms with E-state index in [0.717, 1.165) is 0 Å². The number of fused-ring (bicyclic) bond motifs is 1. The Balaban J connectivity index is 0.00000243. The number of hydrogen-bond donors (Lipinski definition) is 5. The number of aliphatic hydroxyl groups excluding tert-OH is 2. The molecular weight excluding hydrogens is 368 g/mol. The number of non-ortho nitro benzene ring substituents is 1. The molecule has 1 aromatic rings. The lowest BCUT2D eigenvalue weighted by Crippen LogP contribution is -2.43. The van der Waals surface area contributed by atoms with Crippen LogP contribution >= 0.6 is 12.4 Å². The molecule has 2 heterocycles. The predicted molar refractivity (Wildman–Crippen MR) is 95.2 cm³/mol. The molecule has 0 aromatic heterocycles. The number of carboxylic acid groups (broad SMARTS) is 1. The average molecular weight is 389 g/mol. The minimum Gasteiger partial charge on any atom is -0.481 e. The number of anilines is 2. The fourth-order valence-corrected chi connectivity index (χ4v) is 3.24. The Labute approximate surface area is 155 Å². The maximum absolute atomic E-state index is 11.2. The zero-order chi connectivity index (χ0) is 18.1. The van der Waals surface area contributed by atoms with E-state index in [1.165, 1.54) is 12.1 Å². The summed E-state index contributed by atoms with van der Waals surface area (Å²) in [6.07, 6.45) is -1.45. The summed E-state index contributed by atoms with van der Waals surface area (Å²) in [4.78, 5) is 23.7. The molecule has 3 rings (SSSR count). The first-order valence-corrected chi connectivity index (χ1v) is 8.01. The molecule has 0 saturated carbocycles. The van der Waals surface area contributed by atoms with Crippen molar-refractivity contribution >= 4 is 35.4 Å². The molecule has 2 aliphatic heterocycles. The second-order valence-electron chi connectivity index (χ2n) is 6.35. The number of likely N-dealkylation sites (tertiary alicyclic amines) is 1. The highest BCUT2D eigenvalue weighted by Gasteiger charge is 2.30. The van der Waals surface area contributed by atoms with Gasteiger partial charge < -0.3 is 26.0 Å². The van der Waals surface area contributed by atoms with Crippen LogP contribution in [0.5, 0.6) is 0 Å². The lowest BCUT2D eigenvalue weighted by atomic mass is 9.96. The normalized spacial score (nSPS) is 23.2. The summed E-state index contributed by atoms with van der Waals surface area (Å²) in [5, 5.41) is 45.1. The first kappa shape index (κ1) is 20.2. The Morgan fingerprint density at radius 3 is 2.42 bits per heavy atom. The number of aliphatic carboxylic acids is 1. The number of benzene rings is 1. The number of rotatable bonds is 4. The highest BCUT2D eigenvalue weighted by Crippen LogP contribution is 2.36. The standard InChI is InChI=1S/C15H20N4O6.ClH/c20-13-14(21)17-12-9(5-10(19(24)25)6-11(12)16-13)7-18-3-1-8(2-4-18)15(22)23;/h5-6,8,13-14,16-17,20-21H,1-4,7H2,(H,22,23);1H. The molecule has 11 heteroatoms. The van der Waals surface area contributed by atoms with Crippen molar-refractivity contribution in [3.8, 4) is 0 Å². The minimum atomic E-state index is -1.27. The minimum absolute atomic E-state index is 0. The Morgan fingerprint density at radius 1 is 1.23 bits per heavy atom. The second-order valence-corrected chi connectivity index (χ2v) is 6.35. The first-order valence-electron chi connectivity index (χ1n) is 8.01. The third kappa shape index (κ3) is 4.15. The molecule has 0 amide bonds. The number of aliphatic hydroxyl groups is 2. The Hall–Kier alpha value is -2.14. The van der Waals surface area contributed by atoms with Gasteiger partial charge in [0.2, 0.25) is 0 Å². The summed E-state index contributed by atoms with van der Waals surface area (Å²) in [6, 6.07) is 2.73. The third-order valence-electron chi connectivity index (χ3n) is 4.64. The molecule has 5 N–H and O–H groups in total. The van der Waals surface area contributed by atoms with Gasteiger partial charge in [-0.2, -0.15) is 0 Å². The van der Waals surface area contributed by atoms with Crippen molar-refractivity contribution < 1.29 is 25.0 Å². The summed E-state index contributed by atoms with van der Waals surface area (Å²) in [5.74, 6) is -1.15. The summed E-state index contributed by atoms with van der Waals surface area (Å²) < 4.78 is 0. The van der Waals surface area contributed by atoms with E-state index < -0.39 is 23.3 Å². The van der Waals surface area contributed by atoms with Gasteiger partial charge in [0.15, 0.2) is 12.5 Å². The summed E-state index contributed by atoms with van der Waals surface area (Å²) in [6.45, 7) is 1.54. The number of carboxylic acids is 1. The number of hydrogen-bond acceptors (Lipinski definition) is 8. The van der Waals surface area contributed by atoms with Crippen LogP contribution in [0.4, 0.5) is 17.1 Å². The quantitative estimate of drug-likeness (QED) is 0.372. The van der Waals surface area contributed by atoms with Crippen LogP contribution < -0.4 is 10.6 Å². The monoisotopic (exact) mass is 388 g/mol. The van der Waals surface area contributed by atoms with Crippen molar-refractivity contribution in [1.29, 1.82) is 0 Å². The largest absolute Gasteiger partial charge is 0.481 e. The van der Waals surface area contributed by atoms with E-state index in [1.807, 2.05) is 4.90 Å². The maximum atomic E-state index is 11.2. The fourth-order valence-electron chi connectivity index (χ4n) is 3.24. The zero-order valence-corrected chi connectivity index (χ0v) is 14.6. The third-order valence-corrected chi connectivity index (χ3v) is 4.64. The zero-order valence-electron chi connectivity index (χ0n) is 13.8. The number of piperidine rings is 1. The van der Waals surface area contributed by atoms with Gasteiger partial charge in [-0.25, -0.2) is 0 Å². The van der Waals surface area contributed by atoms with Gasteiger partial charge >= 0.3 is 5.97 Å². The Kier molecular flexibility index (Phi) is 6.24. The van der Waals surface area contributed by atoms with Gasteiger partial charge in [0.25, 0.3) is 5.69 Å². The van der Waals surface area contributed by atoms with E-state index in [-0.39, 0.29) is 24.0 Å². The molecule has 26 heavy (non-hydrogen) atoms. The van der Waals surface area contributed by atoms with Gasteiger partial charge in [0.1, 0.15) is 0 Å². The molecule has 1 aromatic carbocycles. The molecule has 0 aliphatic carbocycles. The van der Waals surface area contributed by atoms with E-state index >= 15 is 0 Å².